The molecule has 0 fully saturated rings. The fourth-order valence-electron chi connectivity index (χ4n) is 1.41. The molecular weight excluding hydrogens is 150 g/mol. The molecule has 2 aromatic rings. The van der Waals surface area contributed by atoms with Gasteiger partial charge in [0.2, 0.25) is 0 Å². The molecule has 0 aliphatic heterocycles. The Hall–Kier alpha value is -1.35. The number of nitrogens with two attached hydrogens (primary N) is 1. The van der Waals surface area contributed by atoms with Crippen LogP contribution in [0, 0.1) is 6.92 Å². The molecule has 0 saturated heterocycles. The standard InChI is InChI=1S/C9H11N3/c1-7-8(4-10)6-12-3-2-11-5-9(7)12/h2-3,5-6H,4,10H2,1H3. The lowest BCUT2D eigenvalue weighted by Gasteiger charge is -1.92. The highest BCUT2D eigenvalue weighted by Gasteiger charge is 2.03. The average Bonchev–Trinajstić information content (AvgIpc) is 2.44. The Morgan fingerprint density at radius 1 is 1.58 bits per heavy atom. The minimum atomic E-state index is 0.591. The zero-order valence-corrected chi connectivity index (χ0v) is 6.99. The smallest absolute Gasteiger partial charge is 0.0667 e. The van der Waals surface area contributed by atoms with Crippen LogP contribution in [-0.2, 0) is 6.54 Å². The van der Waals surface area contributed by atoms with Crippen LogP contribution < -0.4 is 5.73 Å². The largest absolute Gasteiger partial charge is 0.326 e. The first kappa shape index (κ1) is 7.31. The molecular formula is C9H11N3. The third-order valence-corrected chi connectivity index (χ3v) is 2.17. The summed E-state index contributed by atoms with van der Waals surface area (Å²) in [7, 11) is 0. The van der Waals surface area contributed by atoms with E-state index in [1.54, 1.807) is 6.20 Å². The van der Waals surface area contributed by atoms with E-state index in [1.165, 1.54) is 11.1 Å². The van der Waals surface area contributed by atoms with Gasteiger partial charge in [-0.1, -0.05) is 0 Å². The molecule has 0 bridgehead atoms. The maximum Gasteiger partial charge on any atom is 0.0667 e. The summed E-state index contributed by atoms with van der Waals surface area (Å²) in [4.78, 5) is 4.06. The molecule has 62 valence electrons. The molecule has 2 N–H and O–H groups in total. The van der Waals surface area contributed by atoms with Gasteiger partial charge in [-0.2, -0.15) is 0 Å². The summed E-state index contributed by atoms with van der Waals surface area (Å²) < 4.78 is 2.05. The zero-order valence-electron chi connectivity index (χ0n) is 6.99. The van der Waals surface area contributed by atoms with Gasteiger partial charge in [0.15, 0.2) is 0 Å². The molecule has 2 aromatic heterocycles. The number of rotatable bonds is 1. The number of aromatic nitrogens is 2. The van der Waals surface area contributed by atoms with Gasteiger partial charge in [-0.05, 0) is 18.1 Å². The summed E-state index contributed by atoms with van der Waals surface area (Å²) >= 11 is 0. The second kappa shape index (κ2) is 2.60. The molecule has 0 aromatic carbocycles. The van der Waals surface area contributed by atoms with E-state index in [1.807, 2.05) is 23.0 Å². The lowest BCUT2D eigenvalue weighted by atomic mass is 10.2. The van der Waals surface area contributed by atoms with E-state index in [9.17, 15) is 0 Å². The van der Waals surface area contributed by atoms with Crippen molar-refractivity contribution < 1.29 is 0 Å². The van der Waals surface area contributed by atoms with E-state index in [4.69, 9.17) is 5.73 Å². The predicted molar refractivity (Wildman–Crippen MR) is 47.8 cm³/mol. The van der Waals surface area contributed by atoms with Crippen molar-refractivity contribution in [2.75, 3.05) is 0 Å². The molecule has 12 heavy (non-hydrogen) atoms. The lowest BCUT2D eigenvalue weighted by Crippen LogP contribution is -1.95. The normalized spacial score (nSPS) is 10.8. The van der Waals surface area contributed by atoms with Crippen LogP contribution >= 0.6 is 0 Å². The van der Waals surface area contributed by atoms with Gasteiger partial charge in [-0.15, -0.1) is 0 Å². The molecule has 0 unspecified atom stereocenters. The summed E-state index contributed by atoms with van der Waals surface area (Å²) in [6, 6.07) is 0. The molecule has 0 atom stereocenters. The van der Waals surface area contributed by atoms with Crippen LogP contribution in [0.5, 0.6) is 0 Å². The SMILES string of the molecule is Cc1c(CN)cn2ccncc12. The monoisotopic (exact) mass is 161 g/mol. The van der Waals surface area contributed by atoms with Gasteiger partial charge >= 0.3 is 0 Å². The van der Waals surface area contributed by atoms with Crippen molar-refractivity contribution in [1.29, 1.82) is 0 Å². The fraction of sp³-hybridized carbons (Fsp3) is 0.222. The van der Waals surface area contributed by atoms with Crippen LogP contribution in [0.2, 0.25) is 0 Å². The van der Waals surface area contributed by atoms with Crippen LogP contribution in [0.3, 0.4) is 0 Å². The van der Waals surface area contributed by atoms with Crippen LogP contribution in [0.25, 0.3) is 5.52 Å². The van der Waals surface area contributed by atoms with E-state index >= 15 is 0 Å². The molecule has 0 aliphatic rings. The van der Waals surface area contributed by atoms with E-state index in [0.717, 1.165) is 5.52 Å². The molecule has 3 nitrogen and oxygen atoms in total. The average molecular weight is 161 g/mol. The quantitative estimate of drug-likeness (QED) is 0.680. The number of fused-ring (bicyclic) bond motifs is 1. The van der Waals surface area contributed by atoms with E-state index < -0.39 is 0 Å². The van der Waals surface area contributed by atoms with Gasteiger partial charge in [0.1, 0.15) is 0 Å². The van der Waals surface area contributed by atoms with Crippen LogP contribution in [0.4, 0.5) is 0 Å². The first-order valence-electron chi connectivity index (χ1n) is 3.93. The summed E-state index contributed by atoms with van der Waals surface area (Å²) in [5.41, 5.74) is 9.13. The Morgan fingerprint density at radius 2 is 2.42 bits per heavy atom. The molecule has 3 heteroatoms. The summed E-state index contributed by atoms with van der Waals surface area (Å²) in [6.45, 7) is 2.66. The second-order valence-electron chi connectivity index (χ2n) is 2.85. The second-order valence-corrected chi connectivity index (χ2v) is 2.85. The first-order valence-corrected chi connectivity index (χ1v) is 3.93. The molecule has 2 heterocycles. The summed E-state index contributed by atoms with van der Waals surface area (Å²) in [5.74, 6) is 0. The van der Waals surface area contributed by atoms with Gasteiger partial charge in [-0.3, -0.25) is 4.98 Å². The molecule has 0 aliphatic carbocycles. The Balaban J connectivity index is 2.78. The van der Waals surface area contributed by atoms with Crippen molar-refractivity contribution in [3.8, 4) is 0 Å². The highest BCUT2D eigenvalue weighted by Crippen LogP contribution is 2.15. The predicted octanol–water partition coefficient (Wildman–Crippen LogP) is 1.10. The summed E-state index contributed by atoms with van der Waals surface area (Å²) in [6.07, 6.45) is 7.61. The topological polar surface area (TPSA) is 43.3 Å². The van der Waals surface area contributed by atoms with Crippen LogP contribution in [0.1, 0.15) is 11.1 Å². The maximum atomic E-state index is 5.58. The van der Waals surface area contributed by atoms with Crippen molar-refractivity contribution in [2.45, 2.75) is 13.5 Å². The third-order valence-electron chi connectivity index (χ3n) is 2.17. The number of hydrogen-bond acceptors (Lipinski definition) is 2. The van der Waals surface area contributed by atoms with Crippen LogP contribution in [0.15, 0.2) is 24.8 Å². The van der Waals surface area contributed by atoms with Crippen molar-refractivity contribution in [1.82, 2.24) is 9.38 Å². The zero-order chi connectivity index (χ0) is 8.55. The van der Waals surface area contributed by atoms with Crippen LogP contribution in [-0.4, -0.2) is 9.38 Å². The Bertz CT molecular complexity index is 403. The van der Waals surface area contributed by atoms with E-state index in [2.05, 4.69) is 11.9 Å². The number of nitrogens with zero attached hydrogens (tertiary/aromatic N) is 2. The number of hydrogen-bond donors (Lipinski definition) is 1. The molecule has 0 saturated carbocycles. The Morgan fingerprint density at radius 3 is 3.08 bits per heavy atom. The van der Waals surface area contributed by atoms with Gasteiger partial charge in [0, 0.05) is 25.1 Å². The van der Waals surface area contributed by atoms with Crippen molar-refractivity contribution in [2.24, 2.45) is 5.73 Å². The van der Waals surface area contributed by atoms with E-state index in [0.29, 0.717) is 6.54 Å². The minimum absolute atomic E-state index is 0.591. The van der Waals surface area contributed by atoms with Gasteiger partial charge < -0.3 is 10.1 Å². The molecule has 0 spiro atoms. The van der Waals surface area contributed by atoms with Crippen molar-refractivity contribution >= 4 is 5.52 Å². The number of aryl methyl sites for hydroxylation is 1. The van der Waals surface area contributed by atoms with E-state index in [-0.39, 0.29) is 0 Å². The summed E-state index contributed by atoms with van der Waals surface area (Å²) in [5, 5.41) is 0. The van der Waals surface area contributed by atoms with Gasteiger partial charge in [-0.25, -0.2) is 0 Å². The lowest BCUT2D eigenvalue weighted by molar-refractivity contribution is 1.05. The van der Waals surface area contributed by atoms with Crippen molar-refractivity contribution in [3.05, 3.63) is 35.9 Å². The highest BCUT2D eigenvalue weighted by molar-refractivity contribution is 5.56. The molecule has 0 amide bonds. The fourth-order valence-corrected chi connectivity index (χ4v) is 1.41. The molecule has 0 radical (unpaired) electrons. The highest BCUT2D eigenvalue weighted by atomic mass is 14.9. The van der Waals surface area contributed by atoms with Gasteiger partial charge in [0.25, 0.3) is 0 Å². The van der Waals surface area contributed by atoms with Gasteiger partial charge in [0.05, 0.1) is 11.7 Å². The maximum absolute atomic E-state index is 5.58. The molecule has 2 rings (SSSR count). The Labute approximate surface area is 70.8 Å². The third kappa shape index (κ3) is 0.905. The minimum Gasteiger partial charge on any atom is -0.326 e. The Kier molecular flexibility index (Phi) is 1.59. The van der Waals surface area contributed by atoms with Crippen molar-refractivity contribution in [3.63, 3.8) is 0 Å². The first-order chi connectivity index (χ1) is 5.83.